The van der Waals surface area contributed by atoms with Crippen molar-refractivity contribution in [3.8, 4) is 0 Å². The first kappa shape index (κ1) is 29.3. The number of hydrogen-bond donors (Lipinski definition) is 4. The SMILES string of the molecule is CC(C)[C@@H]1NC(=O)c2csc(n2)[C@H](Cc2ccccc2)NC(=O)CN(CC(=O)O)CCCNC(=O)c2csc1n2. The third kappa shape index (κ3) is 7.93. The maximum Gasteiger partial charge on any atom is 0.317 e. The molecule has 2 atom stereocenters. The molecule has 4 rings (SSSR count). The molecule has 2 aromatic heterocycles. The predicted octanol–water partition coefficient (Wildman–Crippen LogP) is 2.65. The van der Waals surface area contributed by atoms with E-state index >= 15 is 0 Å². The van der Waals surface area contributed by atoms with Crippen LogP contribution in [-0.2, 0) is 16.0 Å². The molecule has 212 valence electrons. The van der Waals surface area contributed by atoms with Gasteiger partial charge in [-0.1, -0.05) is 44.2 Å². The molecule has 4 N–H and O–H groups in total. The molecule has 0 saturated heterocycles. The fourth-order valence-corrected chi connectivity index (χ4v) is 6.18. The summed E-state index contributed by atoms with van der Waals surface area (Å²) in [6, 6.07) is 8.68. The van der Waals surface area contributed by atoms with Crippen LogP contribution in [0.1, 0.15) is 68.9 Å². The van der Waals surface area contributed by atoms with Crippen LogP contribution in [0.25, 0.3) is 0 Å². The van der Waals surface area contributed by atoms with E-state index in [1.165, 1.54) is 27.6 Å². The van der Waals surface area contributed by atoms with Crippen LogP contribution in [-0.4, -0.2) is 69.8 Å². The van der Waals surface area contributed by atoms with Crippen LogP contribution >= 0.6 is 22.7 Å². The molecule has 11 nitrogen and oxygen atoms in total. The molecular formula is C27H32N6O5S2. The molecule has 0 unspecified atom stereocenters. The van der Waals surface area contributed by atoms with Crippen LogP contribution in [0.15, 0.2) is 41.1 Å². The Morgan fingerprint density at radius 2 is 1.70 bits per heavy atom. The number of carbonyl (C=O) groups is 4. The molecule has 0 radical (unpaired) electrons. The van der Waals surface area contributed by atoms with Crippen molar-refractivity contribution < 1.29 is 24.3 Å². The number of fused-ring (bicyclic) bond motifs is 4. The van der Waals surface area contributed by atoms with Gasteiger partial charge in [0.1, 0.15) is 21.4 Å². The van der Waals surface area contributed by atoms with E-state index in [-0.39, 0.29) is 54.7 Å². The van der Waals surface area contributed by atoms with Gasteiger partial charge in [0.05, 0.1) is 25.2 Å². The number of amides is 3. The van der Waals surface area contributed by atoms with Gasteiger partial charge in [-0.2, -0.15) is 0 Å². The maximum absolute atomic E-state index is 13.2. The average Bonchev–Trinajstić information content (AvgIpc) is 3.59. The first-order valence-corrected chi connectivity index (χ1v) is 14.7. The normalized spacial score (nSPS) is 19.6. The van der Waals surface area contributed by atoms with Gasteiger partial charge in [0.15, 0.2) is 0 Å². The number of hydrogen-bond acceptors (Lipinski definition) is 9. The number of carbonyl (C=O) groups excluding carboxylic acids is 3. The lowest BCUT2D eigenvalue weighted by molar-refractivity contribution is -0.138. The number of nitrogens with one attached hydrogen (secondary N) is 3. The monoisotopic (exact) mass is 584 g/mol. The summed E-state index contributed by atoms with van der Waals surface area (Å²) < 4.78 is 0. The summed E-state index contributed by atoms with van der Waals surface area (Å²) in [6.07, 6.45) is 0.889. The van der Waals surface area contributed by atoms with Crippen LogP contribution < -0.4 is 16.0 Å². The zero-order valence-electron chi connectivity index (χ0n) is 22.3. The number of aliphatic carboxylic acids is 1. The first-order valence-electron chi connectivity index (χ1n) is 13.0. The van der Waals surface area contributed by atoms with Crippen molar-refractivity contribution in [1.29, 1.82) is 0 Å². The molecule has 3 heterocycles. The van der Waals surface area contributed by atoms with E-state index in [1.807, 2.05) is 44.2 Å². The van der Waals surface area contributed by atoms with Crippen LogP contribution in [0.3, 0.4) is 0 Å². The number of carboxylic acids is 1. The Bertz CT molecular complexity index is 1340. The van der Waals surface area contributed by atoms with Crippen LogP contribution in [0.5, 0.6) is 0 Å². The summed E-state index contributed by atoms with van der Waals surface area (Å²) in [7, 11) is 0. The van der Waals surface area contributed by atoms with E-state index in [0.29, 0.717) is 29.4 Å². The summed E-state index contributed by atoms with van der Waals surface area (Å²) in [5.74, 6) is -2.15. The van der Waals surface area contributed by atoms with Gasteiger partial charge in [-0.25, -0.2) is 9.97 Å². The number of carboxylic acid groups (broad SMARTS) is 1. The summed E-state index contributed by atoms with van der Waals surface area (Å²) in [4.78, 5) is 61.0. The van der Waals surface area contributed by atoms with Gasteiger partial charge in [0, 0.05) is 23.8 Å². The van der Waals surface area contributed by atoms with E-state index in [0.717, 1.165) is 5.56 Å². The molecule has 1 aromatic carbocycles. The molecule has 3 aromatic rings. The predicted molar refractivity (Wildman–Crippen MR) is 151 cm³/mol. The fraction of sp³-hybridized carbons (Fsp3) is 0.407. The van der Waals surface area contributed by atoms with Crippen molar-refractivity contribution in [2.24, 2.45) is 5.92 Å². The van der Waals surface area contributed by atoms with E-state index in [1.54, 1.807) is 10.8 Å². The molecule has 0 aliphatic carbocycles. The largest absolute Gasteiger partial charge is 0.480 e. The number of benzene rings is 1. The molecule has 1 aliphatic heterocycles. The van der Waals surface area contributed by atoms with Gasteiger partial charge >= 0.3 is 5.97 Å². The average molecular weight is 585 g/mol. The van der Waals surface area contributed by atoms with E-state index in [4.69, 9.17) is 0 Å². The van der Waals surface area contributed by atoms with E-state index < -0.39 is 18.1 Å². The molecule has 40 heavy (non-hydrogen) atoms. The minimum absolute atomic E-state index is 0.00330. The Kier molecular flexibility index (Phi) is 9.96. The minimum Gasteiger partial charge on any atom is -0.480 e. The van der Waals surface area contributed by atoms with Crippen molar-refractivity contribution in [2.75, 3.05) is 26.2 Å². The van der Waals surface area contributed by atoms with Gasteiger partial charge < -0.3 is 21.1 Å². The van der Waals surface area contributed by atoms with Gasteiger partial charge in [-0.05, 0) is 24.3 Å². The standard InChI is InChI=1S/C27H32N6O5S2/c1-16(2)23-27-31-19(14-40-27)24(37)28-9-6-10-33(13-22(35)36)12-21(34)29-18(11-17-7-4-3-5-8-17)26-30-20(15-39-26)25(38)32-23/h3-5,7-8,14-16,18,23H,6,9-13H2,1-2H3,(H,28,37)(H,29,34)(H,32,38)(H,35,36)/t18-,23-/m0/s1. The third-order valence-electron chi connectivity index (χ3n) is 6.31. The van der Waals surface area contributed by atoms with Crippen LogP contribution in [0.2, 0.25) is 0 Å². The second-order valence-corrected chi connectivity index (χ2v) is 11.6. The number of aromatic nitrogens is 2. The second-order valence-electron chi connectivity index (χ2n) is 9.86. The molecule has 0 saturated carbocycles. The third-order valence-corrected chi connectivity index (χ3v) is 8.19. The quantitative estimate of drug-likeness (QED) is 0.357. The fourth-order valence-electron chi connectivity index (χ4n) is 4.31. The van der Waals surface area contributed by atoms with Crippen molar-refractivity contribution in [3.05, 3.63) is 68.1 Å². The highest BCUT2D eigenvalue weighted by atomic mass is 32.1. The van der Waals surface area contributed by atoms with Gasteiger partial charge in [0.2, 0.25) is 5.91 Å². The second kappa shape index (κ2) is 13.6. The molecule has 0 fully saturated rings. The summed E-state index contributed by atoms with van der Waals surface area (Å²) >= 11 is 2.58. The Labute approximate surface area is 240 Å². The van der Waals surface area contributed by atoms with Gasteiger partial charge in [0.25, 0.3) is 11.8 Å². The van der Waals surface area contributed by atoms with Crippen molar-refractivity contribution in [2.45, 2.75) is 38.8 Å². The smallest absolute Gasteiger partial charge is 0.317 e. The number of rotatable bonds is 5. The molecule has 3 amide bonds. The zero-order valence-corrected chi connectivity index (χ0v) is 23.9. The van der Waals surface area contributed by atoms with Crippen LogP contribution in [0.4, 0.5) is 0 Å². The Hall–Kier alpha value is -3.68. The molecule has 0 spiro atoms. The lowest BCUT2D eigenvalue weighted by Gasteiger charge is -2.22. The van der Waals surface area contributed by atoms with E-state index in [9.17, 15) is 24.3 Å². The van der Waals surface area contributed by atoms with Crippen molar-refractivity contribution in [1.82, 2.24) is 30.8 Å². The topological polar surface area (TPSA) is 154 Å². The number of thiazole rings is 2. The van der Waals surface area contributed by atoms with E-state index in [2.05, 4.69) is 25.9 Å². The lowest BCUT2D eigenvalue weighted by Crippen LogP contribution is -2.42. The molecule has 13 heteroatoms. The summed E-state index contributed by atoms with van der Waals surface area (Å²) in [5.41, 5.74) is 1.45. The Morgan fingerprint density at radius 1 is 1.02 bits per heavy atom. The highest BCUT2D eigenvalue weighted by molar-refractivity contribution is 7.10. The molecular weight excluding hydrogens is 552 g/mol. The Balaban J connectivity index is 1.65. The van der Waals surface area contributed by atoms with Gasteiger partial charge in [-0.3, -0.25) is 24.1 Å². The van der Waals surface area contributed by atoms with Crippen molar-refractivity contribution in [3.63, 3.8) is 0 Å². The Morgan fingerprint density at radius 3 is 2.40 bits per heavy atom. The minimum atomic E-state index is -1.05. The number of nitrogens with zero attached hydrogens (tertiary/aromatic N) is 3. The first-order chi connectivity index (χ1) is 19.2. The van der Waals surface area contributed by atoms with Crippen molar-refractivity contribution >= 4 is 46.4 Å². The van der Waals surface area contributed by atoms with Crippen LogP contribution in [0, 0.1) is 5.92 Å². The van der Waals surface area contributed by atoms with Gasteiger partial charge in [-0.15, -0.1) is 22.7 Å². The zero-order chi connectivity index (χ0) is 28.6. The maximum atomic E-state index is 13.2. The lowest BCUT2D eigenvalue weighted by atomic mass is 10.0. The molecule has 1 aliphatic rings. The summed E-state index contributed by atoms with van der Waals surface area (Å²) in [5, 5.41) is 22.7. The highest BCUT2D eigenvalue weighted by Crippen LogP contribution is 2.27. The summed E-state index contributed by atoms with van der Waals surface area (Å²) in [6.45, 7) is 4.03. The highest BCUT2D eigenvalue weighted by Gasteiger charge is 2.27. The molecule has 4 bridgehead atoms.